The van der Waals surface area contributed by atoms with E-state index in [1.54, 1.807) is 0 Å². The average molecular weight is 182 g/mol. The maximum absolute atomic E-state index is 11.2. The van der Waals surface area contributed by atoms with Gasteiger partial charge in [0.15, 0.2) is 0 Å². The minimum atomic E-state index is 0.219. The fourth-order valence-corrected chi connectivity index (χ4v) is 2.81. The average Bonchev–Trinajstić information content (AvgIpc) is 1.74. The number of hydrogen-bond acceptors (Lipinski definition) is 1. The van der Waals surface area contributed by atoms with Crippen LogP contribution in [0.5, 0.6) is 0 Å². The molecule has 1 saturated carbocycles. The first-order chi connectivity index (χ1) is 5.60. The molecule has 0 heterocycles. The van der Waals surface area contributed by atoms with E-state index in [1.165, 1.54) is 0 Å². The highest BCUT2D eigenvalue weighted by atomic mass is 16.1. The van der Waals surface area contributed by atoms with Gasteiger partial charge in [-0.3, -0.25) is 4.79 Å². The van der Waals surface area contributed by atoms with Gasteiger partial charge < -0.3 is 0 Å². The topological polar surface area (TPSA) is 17.1 Å². The van der Waals surface area contributed by atoms with Crippen molar-refractivity contribution in [1.29, 1.82) is 0 Å². The predicted molar refractivity (Wildman–Crippen MR) is 55.6 cm³/mol. The molecule has 1 fully saturated rings. The molecule has 0 spiro atoms. The fraction of sp³-hybridized carbons (Fsp3) is 0.917. The number of rotatable bonds is 0. The molecular weight excluding hydrogens is 160 g/mol. The van der Waals surface area contributed by atoms with E-state index in [4.69, 9.17) is 0 Å². The summed E-state index contributed by atoms with van der Waals surface area (Å²) in [5.41, 5.74) is 0.690. The number of ketones is 1. The molecule has 76 valence electrons. The molecule has 0 aromatic carbocycles. The summed E-state index contributed by atoms with van der Waals surface area (Å²) in [6.07, 6.45) is 1.56. The Morgan fingerprint density at radius 3 is 1.31 bits per heavy atom. The zero-order chi connectivity index (χ0) is 10.5. The van der Waals surface area contributed by atoms with Gasteiger partial charge in [-0.2, -0.15) is 0 Å². The van der Waals surface area contributed by atoms with E-state index in [9.17, 15) is 4.79 Å². The summed E-state index contributed by atoms with van der Waals surface area (Å²) in [5.74, 6) is 0.435. The minimum absolute atomic E-state index is 0.219. The molecule has 0 N–H and O–H groups in total. The molecule has 13 heavy (non-hydrogen) atoms. The highest BCUT2D eigenvalue weighted by molar-refractivity contribution is 5.86. The Balaban J connectivity index is 2.99. The Labute approximate surface area is 81.9 Å². The first-order valence-corrected chi connectivity index (χ1v) is 5.12. The number of hydrogen-bond donors (Lipinski definition) is 0. The molecule has 1 rings (SSSR count). The molecule has 0 radical (unpaired) electrons. The molecule has 0 unspecified atom stereocenters. The fourth-order valence-electron chi connectivity index (χ4n) is 2.81. The van der Waals surface area contributed by atoms with Gasteiger partial charge in [-0.05, 0) is 16.2 Å². The lowest BCUT2D eigenvalue weighted by Gasteiger charge is -2.58. The molecular formula is C12H22O. The van der Waals surface area contributed by atoms with Crippen LogP contribution in [-0.4, -0.2) is 5.78 Å². The van der Waals surface area contributed by atoms with Crippen LogP contribution in [0.2, 0.25) is 0 Å². The number of carbonyl (C=O) groups is 1. The van der Waals surface area contributed by atoms with E-state index in [-0.39, 0.29) is 16.2 Å². The Morgan fingerprint density at radius 1 is 0.923 bits per heavy atom. The summed E-state index contributed by atoms with van der Waals surface area (Å²) in [4.78, 5) is 11.2. The van der Waals surface area contributed by atoms with Gasteiger partial charge in [-0.15, -0.1) is 0 Å². The van der Waals surface area contributed by atoms with E-state index in [0.29, 0.717) is 5.78 Å². The third-order valence-electron chi connectivity index (χ3n) is 3.87. The van der Waals surface area contributed by atoms with Crippen LogP contribution < -0.4 is 0 Å². The van der Waals surface area contributed by atoms with Gasteiger partial charge in [-0.1, -0.05) is 41.5 Å². The van der Waals surface area contributed by atoms with Crippen molar-refractivity contribution in [2.24, 2.45) is 16.2 Å². The zero-order valence-corrected chi connectivity index (χ0v) is 9.82. The van der Waals surface area contributed by atoms with E-state index >= 15 is 0 Å². The smallest absolute Gasteiger partial charge is 0.134 e. The molecule has 1 nitrogen and oxygen atoms in total. The van der Waals surface area contributed by atoms with Crippen molar-refractivity contribution in [3.63, 3.8) is 0 Å². The highest BCUT2D eigenvalue weighted by Gasteiger charge is 2.57. The molecule has 0 aliphatic heterocycles. The van der Waals surface area contributed by atoms with E-state index in [0.717, 1.165) is 12.8 Å². The second kappa shape index (κ2) is 2.59. The molecule has 0 amide bonds. The third-order valence-corrected chi connectivity index (χ3v) is 3.87. The van der Waals surface area contributed by atoms with Crippen LogP contribution in [0.1, 0.15) is 54.4 Å². The number of Topliss-reactive ketones (excluding diaryl/α,β-unsaturated/α-hetero) is 1. The predicted octanol–water partition coefficient (Wildman–Crippen LogP) is 3.43. The molecule has 0 aromatic heterocycles. The van der Waals surface area contributed by atoms with E-state index in [1.807, 2.05) is 0 Å². The molecule has 0 saturated heterocycles. The lowest BCUT2D eigenvalue weighted by Crippen LogP contribution is -2.55. The van der Waals surface area contributed by atoms with Gasteiger partial charge >= 0.3 is 0 Å². The summed E-state index contributed by atoms with van der Waals surface area (Å²) in [7, 11) is 0. The third kappa shape index (κ3) is 1.43. The van der Waals surface area contributed by atoms with Gasteiger partial charge in [0.25, 0.3) is 0 Å². The van der Waals surface area contributed by atoms with Crippen LogP contribution in [-0.2, 0) is 4.79 Å². The summed E-state index contributed by atoms with van der Waals surface area (Å²) in [5, 5.41) is 0. The largest absolute Gasteiger partial charge is 0.300 e. The van der Waals surface area contributed by atoms with Crippen molar-refractivity contribution in [2.75, 3.05) is 0 Å². The highest BCUT2D eigenvalue weighted by Crippen LogP contribution is 2.61. The second-order valence-corrected chi connectivity index (χ2v) is 6.47. The van der Waals surface area contributed by atoms with Crippen LogP contribution in [0.25, 0.3) is 0 Å². The molecule has 1 aliphatic carbocycles. The van der Waals surface area contributed by atoms with Crippen molar-refractivity contribution in [2.45, 2.75) is 54.4 Å². The number of carbonyl (C=O) groups excluding carboxylic acids is 1. The molecule has 1 heteroatoms. The maximum atomic E-state index is 11.2. The van der Waals surface area contributed by atoms with E-state index < -0.39 is 0 Å². The zero-order valence-electron chi connectivity index (χ0n) is 9.82. The molecule has 1 aliphatic rings. The van der Waals surface area contributed by atoms with Crippen molar-refractivity contribution < 1.29 is 4.79 Å². The summed E-state index contributed by atoms with van der Waals surface area (Å²) in [6.45, 7) is 13.5. The van der Waals surface area contributed by atoms with Crippen LogP contribution in [0, 0.1) is 16.2 Å². The standard InChI is InChI=1S/C12H22O/c1-10(2,3)12(11(4,5)6)7-9(13)8-12/h7-8H2,1-6H3. The van der Waals surface area contributed by atoms with Crippen molar-refractivity contribution >= 4 is 5.78 Å². The van der Waals surface area contributed by atoms with Gasteiger partial charge in [0.1, 0.15) is 5.78 Å². The van der Waals surface area contributed by atoms with Crippen molar-refractivity contribution in [1.82, 2.24) is 0 Å². The maximum Gasteiger partial charge on any atom is 0.134 e. The lowest BCUT2D eigenvalue weighted by molar-refractivity contribution is -0.156. The summed E-state index contributed by atoms with van der Waals surface area (Å²) < 4.78 is 0. The first-order valence-electron chi connectivity index (χ1n) is 5.12. The summed E-state index contributed by atoms with van der Waals surface area (Å²) >= 11 is 0. The van der Waals surface area contributed by atoms with Crippen molar-refractivity contribution in [3.05, 3.63) is 0 Å². The normalized spacial score (nSPS) is 22.8. The van der Waals surface area contributed by atoms with Crippen LogP contribution in [0.15, 0.2) is 0 Å². The molecule has 0 bridgehead atoms. The SMILES string of the molecule is CC(C)(C)C1(C(C)(C)C)CC(=O)C1. The second-order valence-electron chi connectivity index (χ2n) is 6.47. The van der Waals surface area contributed by atoms with E-state index in [2.05, 4.69) is 41.5 Å². The monoisotopic (exact) mass is 182 g/mol. The molecule has 0 aromatic rings. The Bertz CT molecular complexity index is 200. The lowest BCUT2D eigenvalue weighted by atomic mass is 9.45. The molecule has 0 atom stereocenters. The Morgan fingerprint density at radius 2 is 1.23 bits per heavy atom. The van der Waals surface area contributed by atoms with Crippen LogP contribution in [0.3, 0.4) is 0 Å². The first kappa shape index (κ1) is 10.7. The quantitative estimate of drug-likeness (QED) is 0.561. The minimum Gasteiger partial charge on any atom is -0.300 e. The van der Waals surface area contributed by atoms with Gasteiger partial charge in [-0.25, -0.2) is 0 Å². The van der Waals surface area contributed by atoms with Gasteiger partial charge in [0, 0.05) is 12.8 Å². The Hall–Kier alpha value is -0.330. The van der Waals surface area contributed by atoms with Gasteiger partial charge in [0.2, 0.25) is 0 Å². The Kier molecular flexibility index (Phi) is 2.14. The van der Waals surface area contributed by atoms with Crippen LogP contribution in [0.4, 0.5) is 0 Å². The van der Waals surface area contributed by atoms with Crippen molar-refractivity contribution in [3.8, 4) is 0 Å². The summed E-state index contributed by atoms with van der Waals surface area (Å²) in [6, 6.07) is 0. The van der Waals surface area contributed by atoms with Crippen LogP contribution >= 0.6 is 0 Å². The van der Waals surface area contributed by atoms with Gasteiger partial charge in [0.05, 0.1) is 0 Å².